The number of hydrogen-bond acceptors (Lipinski definition) is 4. The van der Waals surface area contributed by atoms with Crippen LogP contribution in [-0.4, -0.2) is 36.6 Å². The fourth-order valence-electron chi connectivity index (χ4n) is 1.78. The Labute approximate surface area is 135 Å². The van der Waals surface area contributed by atoms with Crippen molar-refractivity contribution in [3.8, 4) is 0 Å². The maximum Gasteiger partial charge on any atom is 0.251 e. The number of nitrogens with one attached hydrogen (secondary N) is 1. The first-order valence-electron chi connectivity index (χ1n) is 5.96. The number of primary sulfonamides is 1. The van der Waals surface area contributed by atoms with Gasteiger partial charge in [-0.2, -0.15) is 0 Å². The summed E-state index contributed by atoms with van der Waals surface area (Å²) in [5, 5.41) is 7.81. The molecule has 0 saturated heterocycles. The van der Waals surface area contributed by atoms with Gasteiger partial charge in [-0.05, 0) is 31.5 Å². The van der Waals surface area contributed by atoms with E-state index in [4.69, 9.17) is 5.14 Å². The quantitative estimate of drug-likeness (QED) is 0.770. The van der Waals surface area contributed by atoms with Gasteiger partial charge in [0.05, 0.1) is 4.90 Å². The molecular formula is C12H17BrN2O4S2. The lowest BCUT2D eigenvalue weighted by molar-refractivity contribution is 0.0943. The lowest BCUT2D eigenvalue weighted by Crippen LogP contribution is -2.36. The number of nitrogens with two attached hydrogens (primary N) is 1. The number of benzene rings is 1. The number of carbonyl (C=O) groups is 1. The average Bonchev–Trinajstić information content (AvgIpc) is 2.29. The van der Waals surface area contributed by atoms with Gasteiger partial charge in [0.25, 0.3) is 5.91 Å². The predicted molar refractivity (Wildman–Crippen MR) is 86.1 cm³/mol. The molecule has 1 aromatic rings. The molecule has 6 nitrogen and oxygen atoms in total. The monoisotopic (exact) mass is 396 g/mol. The van der Waals surface area contributed by atoms with Crippen molar-refractivity contribution in [2.45, 2.75) is 24.8 Å². The van der Waals surface area contributed by atoms with E-state index < -0.39 is 26.7 Å². The van der Waals surface area contributed by atoms with Gasteiger partial charge in [-0.25, -0.2) is 13.6 Å². The molecule has 0 spiro atoms. The highest BCUT2D eigenvalue weighted by molar-refractivity contribution is 9.10. The first-order valence-corrected chi connectivity index (χ1v) is 10.0. The van der Waals surface area contributed by atoms with Gasteiger partial charge in [0.2, 0.25) is 10.0 Å². The lowest BCUT2D eigenvalue weighted by Gasteiger charge is -2.14. The zero-order valence-corrected chi connectivity index (χ0v) is 15.1. The van der Waals surface area contributed by atoms with Crippen LogP contribution < -0.4 is 10.5 Å². The van der Waals surface area contributed by atoms with Crippen LogP contribution in [0.5, 0.6) is 0 Å². The van der Waals surface area contributed by atoms with Gasteiger partial charge < -0.3 is 5.32 Å². The molecule has 118 valence electrons. The lowest BCUT2D eigenvalue weighted by atomic mass is 10.1. The molecule has 0 heterocycles. The van der Waals surface area contributed by atoms with Crippen molar-refractivity contribution < 1.29 is 17.4 Å². The molecule has 21 heavy (non-hydrogen) atoms. The third kappa shape index (κ3) is 5.17. The molecule has 0 fully saturated rings. The number of amides is 1. The SMILES string of the molecule is Cc1c(Br)cc(C(=O)NC(C)CS(C)=O)cc1S(N)(=O)=O. The van der Waals surface area contributed by atoms with E-state index in [1.165, 1.54) is 12.1 Å². The fraction of sp³-hybridized carbons (Fsp3) is 0.417. The van der Waals surface area contributed by atoms with Crippen molar-refractivity contribution in [1.82, 2.24) is 5.32 Å². The van der Waals surface area contributed by atoms with Crippen molar-refractivity contribution in [2.24, 2.45) is 5.14 Å². The van der Waals surface area contributed by atoms with Gasteiger partial charge >= 0.3 is 0 Å². The van der Waals surface area contributed by atoms with Gasteiger partial charge in [-0.15, -0.1) is 0 Å². The Balaban J connectivity index is 3.12. The summed E-state index contributed by atoms with van der Waals surface area (Å²) in [7, 11) is -4.95. The van der Waals surface area contributed by atoms with E-state index in [0.29, 0.717) is 15.8 Å². The van der Waals surface area contributed by atoms with Crippen LogP contribution in [0.25, 0.3) is 0 Å². The highest BCUT2D eigenvalue weighted by atomic mass is 79.9. The summed E-state index contributed by atoms with van der Waals surface area (Å²) in [6.45, 7) is 3.32. The average molecular weight is 397 g/mol. The highest BCUT2D eigenvalue weighted by Crippen LogP contribution is 2.25. The molecule has 0 aromatic heterocycles. The van der Waals surface area contributed by atoms with Crippen LogP contribution in [0, 0.1) is 6.92 Å². The molecule has 0 radical (unpaired) electrons. The largest absolute Gasteiger partial charge is 0.349 e. The Kier molecular flexibility index (Phi) is 6.09. The first kappa shape index (κ1) is 18.3. The summed E-state index contributed by atoms with van der Waals surface area (Å²) in [5.41, 5.74) is 0.613. The van der Waals surface area contributed by atoms with E-state index in [2.05, 4.69) is 21.2 Å². The molecule has 2 unspecified atom stereocenters. The fourth-order valence-corrected chi connectivity index (χ4v) is 3.99. The molecule has 0 aliphatic heterocycles. The molecule has 2 atom stereocenters. The summed E-state index contributed by atoms with van der Waals surface area (Å²) >= 11 is 3.22. The van der Waals surface area contributed by atoms with Crippen LogP contribution in [0.1, 0.15) is 22.8 Å². The third-order valence-electron chi connectivity index (χ3n) is 2.73. The van der Waals surface area contributed by atoms with Crippen molar-refractivity contribution in [3.63, 3.8) is 0 Å². The first-order chi connectivity index (χ1) is 9.52. The van der Waals surface area contributed by atoms with E-state index in [-0.39, 0.29) is 16.5 Å². The van der Waals surface area contributed by atoms with Gasteiger partial charge in [0.1, 0.15) is 0 Å². The molecule has 1 aromatic carbocycles. The third-order valence-corrected chi connectivity index (χ3v) is 5.56. The summed E-state index contributed by atoms with van der Waals surface area (Å²) < 4.78 is 34.7. The summed E-state index contributed by atoms with van der Waals surface area (Å²) in [4.78, 5) is 12.0. The van der Waals surface area contributed by atoms with Gasteiger partial charge in [-0.3, -0.25) is 9.00 Å². The number of carbonyl (C=O) groups excluding carboxylic acids is 1. The van der Waals surface area contributed by atoms with Gasteiger partial charge in [0, 0.05) is 38.9 Å². The standard InChI is InChI=1S/C12H17BrN2O4S2/c1-7(6-20(3)17)15-12(16)9-4-10(13)8(2)11(5-9)21(14,18)19/h4-5,7H,6H2,1-3H3,(H,15,16)(H2,14,18,19). The second-order valence-electron chi connectivity index (χ2n) is 4.74. The molecule has 9 heteroatoms. The number of rotatable bonds is 5. The number of sulfonamides is 1. The van der Waals surface area contributed by atoms with Crippen LogP contribution >= 0.6 is 15.9 Å². The second-order valence-corrected chi connectivity index (χ2v) is 8.60. The summed E-state index contributed by atoms with van der Waals surface area (Å²) in [6, 6.07) is 2.47. The van der Waals surface area contributed by atoms with E-state index in [0.717, 1.165) is 0 Å². The molecular weight excluding hydrogens is 380 g/mol. The van der Waals surface area contributed by atoms with Gasteiger partial charge in [-0.1, -0.05) is 15.9 Å². The van der Waals surface area contributed by atoms with E-state index in [1.807, 2.05) is 0 Å². The molecule has 0 aliphatic carbocycles. The molecule has 0 bridgehead atoms. The molecule has 0 aliphatic rings. The molecule has 3 N–H and O–H groups in total. The molecule has 0 saturated carbocycles. The minimum atomic E-state index is -3.92. The highest BCUT2D eigenvalue weighted by Gasteiger charge is 2.19. The Morgan fingerprint density at radius 1 is 1.48 bits per heavy atom. The van der Waals surface area contributed by atoms with Crippen molar-refractivity contribution >= 4 is 42.7 Å². The van der Waals surface area contributed by atoms with E-state index >= 15 is 0 Å². The Hall–Kier alpha value is -0.770. The number of halogens is 1. The van der Waals surface area contributed by atoms with Crippen LogP contribution in [0.3, 0.4) is 0 Å². The van der Waals surface area contributed by atoms with Gasteiger partial charge in [0.15, 0.2) is 0 Å². The Morgan fingerprint density at radius 3 is 2.52 bits per heavy atom. The second kappa shape index (κ2) is 6.99. The van der Waals surface area contributed by atoms with E-state index in [9.17, 15) is 17.4 Å². The minimum Gasteiger partial charge on any atom is -0.349 e. The zero-order valence-electron chi connectivity index (χ0n) is 11.8. The maximum atomic E-state index is 12.1. The van der Waals surface area contributed by atoms with Crippen molar-refractivity contribution in [3.05, 3.63) is 27.7 Å². The number of hydrogen-bond donors (Lipinski definition) is 2. The normalized spacial score (nSPS) is 14.5. The topological polar surface area (TPSA) is 106 Å². The van der Waals surface area contributed by atoms with Crippen LogP contribution in [0.4, 0.5) is 0 Å². The minimum absolute atomic E-state index is 0.103. The predicted octanol–water partition coefficient (Wildman–Crippen LogP) is 0.902. The van der Waals surface area contributed by atoms with E-state index in [1.54, 1.807) is 20.1 Å². The molecule has 1 rings (SSSR count). The smallest absolute Gasteiger partial charge is 0.251 e. The van der Waals surface area contributed by atoms with Crippen LogP contribution in [-0.2, 0) is 20.8 Å². The Morgan fingerprint density at radius 2 is 2.05 bits per heavy atom. The Bertz CT molecular complexity index is 689. The van der Waals surface area contributed by atoms with Crippen molar-refractivity contribution in [1.29, 1.82) is 0 Å². The molecule has 1 amide bonds. The van der Waals surface area contributed by atoms with Crippen molar-refractivity contribution in [2.75, 3.05) is 12.0 Å². The van der Waals surface area contributed by atoms with Crippen LogP contribution in [0.2, 0.25) is 0 Å². The maximum absolute atomic E-state index is 12.1. The zero-order chi connectivity index (χ0) is 16.4. The summed E-state index contributed by atoms with van der Waals surface area (Å²) in [5.74, 6) is -0.126. The summed E-state index contributed by atoms with van der Waals surface area (Å²) in [6.07, 6.45) is 1.55. The van der Waals surface area contributed by atoms with Crippen LogP contribution in [0.15, 0.2) is 21.5 Å².